The highest BCUT2D eigenvalue weighted by Crippen LogP contribution is 2.57. The number of hydrogen-bond donors (Lipinski definition) is 1. The zero-order valence-corrected chi connectivity index (χ0v) is 21.0. The lowest BCUT2D eigenvalue weighted by Gasteiger charge is -2.31. The number of para-hydroxylation sites is 1. The fourth-order valence-electron chi connectivity index (χ4n) is 3.92. The minimum atomic E-state index is -4.23. The van der Waals surface area contributed by atoms with Gasteiger partial charge in [0, 0.05) is 16.2 Å². The monoisotopic (exact) mass is 527 g/mol. The zero-order valence-electron chi connectivity index (χ0n) is 19.3. The van der Waals surface area contributed by atoms with Crippen molar-refractivity contribution in [3.63, 3.8) is 0 Å². The van der Waals surface area contributed by atoms with Crippen LogP contribution < -0.4 is 20.1 Å². The van der Waals surface area contributed by atoms with Crippen molar-refractivity contribution in [3.05, 3.63) is 120 Å². The molecule has 0 bridgehead atoms. The third kappa shape index (κ3) is 5.41. The Labute approximate surface area is 209 Å². The van der Waals surface area contributed by atoms with Crippen LogP contribution in [0.5, 0.6) is 5.75 Å². The van der Waals surface area contributed by atoms with Crippen LogP contribution in [0.1, 0.15) is 16.9 Å². The summed E-state index contributed by atoms with van der Waals surface area (Å²) in [6.07, 6.45) is 0. The van der Waals surface area contributed by atoms with E-state index in [-0.39, 0.29) is 16.2 Å². The Hall–Kier alpha value is -3.32. The van der Waals surface area contributed by atoms with Crippen LogP contribution in [-0.2, 0) is 14.6 Å². The Morgan fingerprint density at radius 2 is 1.25 bits per heavy atom. The Kier molecular flexibility index (Phi) is 7.69. The van der Waals surface area contributed by atoms with E-state index in [0.29, 0.717) is 10.6 Å². The highest BCUT2D eigenvalue weighted by Gasteiger charge is 2.42. The van der Waals surface area contributed by atoms with Gasteiger partial charge in [-0.15, -0.1) is 0 Å². The molecule has 186 valence electrons. The van der Waals surface area contributed by atoms with Gasteiger partial charge in [0.15, 0.2) is 7.14 Å². The molecule has 0 aliphatic carbocycles. The number of halogens is 2. The van der Waals surface area contributed by atoms with E-state index in [1.54, 1.807) is 78.9 Å². The summed E-state index contributed by atoms with van der Waals surface area (Å²) >= 11 is 0. The average molecular weight is 528 g/mol. The molecule has 0 saturated carbocycles. The molecule has 0 saturated heterocycles. The largest absolute Gasteiger partial charge is 0.434 e. The van der Waals surface area contributed by atoms with Gasteiger partial charge in [-0.05, 0) is 25.1 Å². The second-order valence-electron chi connectivity index (χ2n) is 8.08. The summed E-state index contributed by atoms with van der Waals surface area (Å²) in [4.78, 5) is -0.0435. The molecule has 1 N–H and O–H groups in total. The predicted octanol–water partition coefficient (Wildman–Crippen LogP) is 5.59. The van der Waals surface area contributed by atoms with Crippen LogP contribution in [0.3, 0.4) is 0 Å². The molecule has 36 heavy (non-hydrogen) atoms. The molecule has 5 nitrogen and oxygen atoms in total. The van der Waals surface area contributed by atoms with Crippen LogP contribution in [0.2, 0.25) is 0 Å². The van der Waals surface area contributed by atoms with Crippen molar-refractivity contribution in [2.24, 2.45) is 0 Å². The summed E-state index contributed by atoms with van der Waals surface area (Å²) in [6.45, 7) is -1.34. The molecule has 9 heteroatoms. The maximum atomic E-state index is 15.1. The smallest absolute Gasteiger partial charge is 0.387 e. The summed E-state index contributed by atoms with van der Waals surface area (Å²) in [7, 11) is -8.10. The Morgan fingerprint density at radius 1 is 0.750 bits per heavy atom. The number of alkyl halides is 2. The molecule has 1 atom stereocenters. The Balaban J connectivity index is 1.98. The van der Waals surface area contributed by atoms with E-state index < -0.39 is 29.6 Å². The van der Waals surface area contributed by atoms with E-state index in [0.717, 1.165) is 5.56 Å². The number of nitrogens with one attached hydrogen (secondary N) is 1. The summed E-state index contributed by atoms with van der Waals surface area (Å²) in [5, 5.41) is 0.722. The van der Waals surface area contributed by atoms with Gasteiger partial charge < -0.3 is 9.30 Å². The maximum Gasteiger partial charge on any atom is 0.387 e. The number of rotatable bonds is 9. The van der Waals surface area contributed by atoms with Crippen LogP contribution in [0.4, 0.5) is 8.78 Å². The first kappa shape index (κ1) is 25.8. The van der Waals surface area contributed by atoms with E-state index >= 15 is 4.57 Å². The molecule has 4 aromatic rings. The number of aryl methyl sites for hydroxylation is 1. The number of hydrogen-bond acceptors (Lipinski definition) is 4. The van der Waals surface area contributed by atoms with Crippen molar-refractivity contribution >= 4 is 27.8 Å². The zero-order chi connectivity index (χ0) is 25.8. The van der Waals surface area contributed by atoms with E-state index in [2.05, 4.69) is 4.72 Å². The topological polar surface area (TPSA) is 72.5 Å². The number of benzene rings is 4. The number of sulfonamides is 1. The molecule has 4 rings (SSSR count). The van der Waals surface area contributed by atoms with Gasteiger partial charge in [-0.1, -0.05) is 96.6 Å². The SMILES string of the molecule is Cc1ccc(S(=O)(=O)N[C@@H](c2ccccc2OC(F)F)P(=O)(c2ccccc2)c2ccccc2)cc1. The van der Waals surface area contributed by atoms with Gasteiger partial charge in [0.25, 0.3) is 0 Å². The normalized spacial score (nSPS) is 12.9. The van der Waals surface area contributed by atoms with Crippen molar-refractivity contribution in [1.82, 2.24) is 4.72 Å². The van der Waals surface area contributed by atoms with E-state index in [1.807, 2.05) is 6.92 Å². The van der Waals surface area contributed by atoms with Crippen molar-refractivity contribution in [3.8, 4) is 5.75 Å². The van der Waals surface area contributed by atoms with Gasteiger partial charge >= 0.3 is 6.61 Å². The summed E-state index contributed by atoms with van der Waals surface area (Å²) in [6, 6.07) is 28.8. The van der Waals surface area contributed by atoms with Crippen LogP contribution in [-0.4, -0.2) is 15.0 Å². The van der Waals surface area contributed by atoms with Crippen molar-refractivity contribution in [2.75, 3.05) is 0 Å². The average Bonchev–Trinajstić information content (AvgIpc) is 2.88. The molecule has 0 unspecified atom stereocenters. The highest BCUT2D eigenvalue weighted by molar-refractivity contribution is 7.90. The molecule has 0 aromatic heterocycles. The first-order chi connectivity index (χ1) is 17.2. The lowest BCUT2D eigenvalue weighted by molar-refractivity contribution is -0.0505. The summed E-state index contributed by atoms with van der Waals surface area (Å²) in [5.41, 5.74) is 0.893. The molecule has 4 aromatic carbocycles. The van der Waals surface area contributed by atoms with Crippen LogP contribution in [0.15, 0.2) is 114 Å². The van der Waals surface area contributed by atoms with Gasteiger partial charge in [-0.3, -0.25) is 0 Å². The Bertz CT molecular complexity index is 1420. The first-order valence-electron chi connectivity index (χ1n) is 11.1. The Morgan fingerprint density at radius 3 is 1.78 bits per heavy atom. The van der Waals surface area contributed by atoms with Gasteiger partial charge in [0.1, 0.15) is 11.5 Å². The second kappa shape index (κ2) is 10.7. The highest BCUT2D eigenvalue weighted by atomic mass is 32.2. The van der Waals surface area contributed by atoms with Gasteiger partial charge in [0.2, 0.25) is 10.0 Å². The fourth-order valence-corrected chi connectivity index (χ4v) is 8.71. The lowest BCUT2D eigenvalue weighted by atomic mass is 10.2. The minimum Gasteiger partial charge on any atom is -0.434 e. The summed E-state index contributed by atoms with van der Waals surface area (Å²) in [5.74, 6) is -1.71. The fraction of sp³-hybridized carbons (Fsp3) is 0.111. The molecule has 0 amide bonds. The predicted molar refractivity (Wildman–Crippen MR) is 137 cm³/mol. The van der Waals surface area contributed by atoms with E-state index in [9.17, 15) is 17.2 Å². The van der Waals surface area contributed by atoms with Crippen LogP contribution in [0, 0.1) is 6.92 Å². The van der Waals surface area contributed by atoms with Crippen molar-refractivity contribution < 1.29 is 26.5 Å². The van der Waals surface area contributed by atoms with Crippen LogP contribution >= 0.6 is 7.14 Å². The second-order valence-corrected chi connectivity index (χ2v) is 12.7. The van der Waals surface area contributed by atoms with Gasteiger partial charge in [-0.25, -0.2) is 8.42 Å². The number of ether oxygens (including phenoxy) is 1. The van der Waals surface area contributed by atoms with Crippen molar-refractivity contribution in [2.45, 2.75) is 24.2 Å². The molecule has 0 spiro atoms. The molecule has 0 aliphatic heterocycles. The minimum absolute atomic E-state index is 0.0320. The van der Waals surface area contributed by atoms with Gasteiger partial charge in [-0.2, -0.15) is 13.5 Å². The van der Waals surface area contributed by atoms with E-state index in [4.69, 9.17) is 4.74 Å². The molecular weight excluding hydrogens is 503 g/mol. The van der Waals surface area contributed by atoms with Crippen LogP contribution in [0.25, 0.3) is 0 Å². The standard InChI is InChI=1S/C27H24F2NO4PS/c1-20-16-18-23(19-17-20)36(32,33)30-26(24-14-8-9-15-25(24)34-27(28)29)35(31,21-10-4-2-5-11-21)22-12-6-3-7-13-22/h2-19,26-27,30H,1H3/t26-/m1/s1. The first-order valence-corrected chi connectivity index (χ1v) is 14.3. The molecular formula is C27H24F2NO4PS. The maximum absolute atomic E-state index is 15.1. The third-order valence-electron chi connectivity index (χ3n) is 5.67. The molecule has 0 radical (unpaired) electrons. The van der Waals surface area contributed by atoms with Gasteiger partial charge in [0.05, 0.1) is 4.90 Å². The summed E-state index contributed by atoms with van der Waals surface area (Å²) < 4.78 is 76.2. The lowest BCUT2D eigenvalue weighted by Crippen LogP contribution is -2.34. The quantitative estimate of drug-likeness (QED) is 0.288. The molecule has 0 fully saturated rings. The molecule has 0 aliphatic rings. The van der Waals surface area contributed by atoms with E-state index in [1.165, 1.54) is 30.3 Å². The third-order valence-corrected chi connectivity index (χ3v) is 10.5. The molecule has 0 heterocycles. The van der Waals surface area contributed by atoms with Crippen molar-refractivity contribution in [1.29, 1.82) is 0 Å².